The lowest BCUT2D eigenvalue weighted by Crippen LogP contribution is -2.41. The van der Waals surface area contributed by atoms with Gasteiger partial charge in [0.25, 0.3) is 0 Å². The first kappa shape index (κ1) is 22.3. The van der Waals surface area contributed by atoms with Crippen molar-refractivity contribution in [1.82, 2.24) is 4.90 Å². The van der Waals surface area contributed by atoms with Crippen molar-refractivity contribution in [3.8, 4) is 0 Å². The quantitative estimate of drug-likeness (QED) is 0.606. The minimum Gasteiger partial charge on any atom is -0.459 e. The van der Waals surface area contributed by atoms with E-state index in [-0.39, 0.29) is 32.2 Å². The number of amides is 1. The van der Waals surface area contributed by atoms with Gasteiger partial charge in [-0.15, -0.1) is 0 Å². The van der Waals surface area contributed by atoms with E-state index in [9.17, 15) is 9.59 Å². The fourth-order valence-electron chi connectivity index (χ4n) is 3.98. The second-order valence-corrected chi connectivity index (χ2v) is 8.09. The summed E-state index contributed by atoms with van der Waals surface area (Å²) in [4.78, 5) is 27.2. The van der Waals surface area contributed by atoms with E-state index in [1.165, 1.54) is 4.90 Å². The highest BCUT2D eigenvalue weighted by Crippen LogP contribution is 2.26. The number of hydrogen-bond donors (Lipinski definition) is 0. The number of likely N-dealkylation sites (tertiary alicyclic amines) is 1. The normalized spacial score (nSPS) is 23.0. The molecule has 7 heteroatoms. The lowest BCUT2D eigenvalue weighted by Gasteiger charge is -2.25. The van der Waals surface area contributed by atoms with E-state index in [2.05, 4.69) is 0 Å². The van der Waals surface area contributed by atoms with E-state index >= 15 is 0 Å². The molecule has 3 atom stereocenters. The molecule has 2 aliphatic rings. The average Bonchev–Trinajstić information content (AvgIpc) is 3.27. The molecule has 2 saturated heterocycles. The van der Waals surface area contributed by atoms with Gasteiger partial charge in [0.05, 0.1) is 12.6 Å². The maximum atomic E-state index is 12.9. The highest BCUT2D eigenvalue weighted by molar-refractivity contribution is 5.82. The molecule has 2 heterocycles. The third-order valence-electron chi connectivity index (χ3n) is 5.68. The molecule has 2 aromatic carbocycles. The van der Waals surface area contributed by atoms with Crippen molar-refractivity contribution in [2.24, 2.45) is 0 Å². The van der Waals surface area contributed by atoms with E-state index in [1.807, 2.05) is 60.7 Å². The van der Waals surface area contributed by atoms with Crippen LogP contribution in [-0.4, -0.2) is 48.5 Å². The molecule has 0 aliphatic carbocycles. The second-order valence-electron chi connectivity index (χ2n) is 8.09. The van der Waals surface area contributed by atoms with Crippen molar-refractivity contribution in [1.29, 1.82) is 0 Å². The van der Waals surface area contributed by atoms with Crippen LogP contribution in [0.5, 0.6) is 0 Å². The summed E-state index contributed by atoms with van der Waals surface area (Å²) in [5.74, 6) is -0.457. The number of carbonyl (C=O) groups is 2. The smallest absolute Gasteiger partial charge is 0.410 e. The predicted molar refractivity (Wildman–Crippen MR) is 116 cm³/mol. The Bertz CT molecular complexity index is 805. The Morgan fingerprint density at radius 2 is 1.56 bits per heavy atom. The van der Waals surface area contributed by atoms with Crippen LogP contribution in [-0.2, 0) is 37.0 Å². The van der Waals surface area contributed by atoms with Gasteiger partial charge < -0.3 is 18.9 Å². The summed E-state index contributed by atoms with van der Waals surface area (Å²) in [6.07, 6.45) is 2.09. The van der Waals surface area contributed by atoms with Gasteiger partial charge in [-0.3, -0.25) is 4.90 Å². The second kappa shape index (κ2) is 11.1. The van der Waals surface area contributed by atoms with Gasteiger partial charge in [-0.2, -0.15) is 0 Å². The number of carbonyl (C=O) groups excluding carboxylic acids is 2. The van der Waals surface area contributed by atoms with Gasteiger partial charge in [-0.25, -0.2) is 9.59 Å². The summed E-state index contributed by atoms with van der Waals surface area (Å²) in [5.41, 5.74) is 1.77. The van der Waals surface area contributed by atoms with Crippen molar-refractivity contribution < 1.29 is 28.5 Å². The van der Waals surface area contributed by atoms with E-state index in [1.54, 1.807) is 0 Å². The summed E-state index contributed by atoms with van der Waals surface area (Å²) in [6.45, 7) is 1.22. The summed E-state index contributed by atoms with van der Waals surface area (Å²) in [6, 6.07) is 18.1. The van der Waals surface area contributed by atoms with Crippen LogP contribution < -0.4 is 0 Å². The van der Waals surface area contributed by atoms with Gasteiger partial charge in [0, 0.05) is 13.0 Å². The number of benzene rings is 2. The van der Waals surface area contributed by atoms with Crippen molar-refractivity contribution in [3.05, 3.63) is 71.8 Å². The first-order valence-corrected chi connectivity index (χ1v) is 11.1. The molecule has 170 valence electrons. The lowest BCUT2D eigenvalue weighted by atomic mass is 10.2. The van der Waals surface area contributed by atoms with Gasteiger partial charge in [0.15, 0.2) is 6.29 Å². The Labute approximate surface area is 188 Å². The fourth-order valence-corrected chi connectivity index (χ4v) is 3.98. The minimum absolute atomic E-state index is 0.138. The molecule has 0 aromatic heterocycles. The van der Waals surface area contributed by atoms with Crippen LogP contribution in [0.25, 0.3) is 0 Å². The van der Waals surface area contributed by atoms with Crippen LogP contribution in [0.15, 0.2) is 60.7 Å². The summed E-state index contributed by atoms with van der Waals surface area (Å²) < 4.78 is 22.7. The number of rotatable bonds is 7. The molecule has 0 N–H and O–H groups in total. The molecule has 7 nitrogen and oxygen atoms in total. The molecule has 1 amide bonds. The van der Waals surface area contributed by atoms with E-state index in [0.717, 1.165) is 30.4 Å². The molecule has 3 unspecified atom stereocenters. The molecule has 2 fully saturated rings. The lowest BCUT2D eigenvalue weighted by molar-refractivity contribution is -0.185. The first-order valence-electron chi connectivity index (χ1n) is 11.1. The molecule has 0 radical (unpaired) electrons. The molecular formula is C25H29NO6. The van der Waals surface area contributed by atoms with Gasteiger partial charge in [0.2, 0.25) is 0 Å². The predicted octanol–water partition coefficient (Wildman–Crippen LogP) is 4.05. The van der Waals surface area contributed by atoms with Crippen molar-refractivity contribution in [2.75, 3.05) is 13.2 Å². The molecule has 2 aliphatic heterocycles. The third-order valence-corrected chi connectivity index (χ3v) is 5.68. The Morgan fingerprint density at radius 1 is 0.906 bits per heavy atom. The Kier molecular flexibility index (Phi) is 7.74. The number of esters is 1. The Morgan fingerprint density at radius 3 is 2.19 bits per heavy atom. The standard InChI is InChI=1S/C25H29NO6/c27-24(30-17-19-9-3-1-4-10-19)22-15-21(32-23-13-7-8-14-29-23)16-26(22)25(28)31-18-20-11-5-2-6-12-20/h1-6,9-12,21-23H,7-8,13-18H2. The molecule has 0 spiro atoms. The summed E-state index contributed by atoms with van der Waals surface area (Å²) in [5, 5.41) is 0. The summed E-state index contributed by atoms with van der Waals surface area (Å²) in [7, 11) is 0. The highest BCUT2D eigenvalue weighted by Gasteiger charge is 2.43. The van der Waals surface area contributed by atoms with Crippen LogP contribution >= 0.6 is 0 Å². The van der Waals surface area contributed by atoms with Crippen LogP contribution in [0.3, 0.4) is 0 Å². The van der Waals surface area contributed by atoms with Crippen molar-refractivity contribution >= 4 is 12.1 Å². The third kappa shape index (κ3) is 6.08. The van der Waals surface area contributed by atoms with Gasteiger partial charge in [-0.05, 0) is 30.4 Å². The number of hydrogen-bond acceptors (Lipinski definition) is 6. The molecule has 32 heavy (non-hydrogen) atoms. The maximum absolute atomic E-state index is 12.9. The van der Waals surface area contributed by atoms with Gasteiger partial charge in [-0.1, -0.05) is 60.7 Å². The fraction of sp³-hybridized carbons (Fsp3) is 0.440. The average molecular weight is 440 g/mol. The zero-order valence-electron chi connectivity index (χ0n) is 18.1. The van der Waals surface area contributed by atoms with E-state index in [0.29, 0.717) is 13.0 Å². The SMILES string of the molecule is O=C(OCc1ccccc1)C1CC(OC2CCCCO2)CN1C(=O)OCc1ccccc1. The van der Waals surface area contributed by atoms with Crippen LogP contribution in [0.2, 0.25) is 0 Å². The largest absolute Gasteiger partial charge is 0.459 e. The molecule has 2 aromatic rings. The first-order chi connectivity index (χ1) is 15.7. The van der Waals surface area contributed by atoms with E-state index < -0.39 is 18.1 Å². The zero-order valence-corrected chi connectivity index (χ0v) is 18.1. The maximum Gasteiger partial charge on any atom is 0.410 e. The van der Waals surface area contributed by atoms with Gasteiger partial charge >= 0.3 is 12.1 Å². The molecule has 0 bridgehead atoms. The van der Waals surface area contributed by atoms with Crippen LogP contribution in [0.1, 0.15) is 36.8 Å². The summed E-state index contributed by atoms with van der Waals surface area (Å²) >= 11 is 0. The molecule has 0 saturated carbocycles. The zero-order chi connectivity index (χ0) is 22.2. The topological polar surface area (TPSA) is 74.3 Å². The van der Waals surface area contributed by atoms with Crippen LogP contribution in [0, 0.1) is 0 Å². The molecular weight excluding hydrogens is 410 g/mol. The molecule has 4 rings (SSSR count). The highest BCUT2D eigenvalue weighted by atomic mass is 16.7. The van der Waals surface area contributed by atoms with Crippen molar-refractivity contribution in [3.63, 3.8) is 0 Å². The van der Waals surface area contributed by atoms with Gasteiger partial charge in [0.1, 0.15) is 19.3 Å². The van der Waals surface area contributed by atoms with E-state index in [4.69, 9.17) is 18.9 Å². The van der Waals surface area contributed by atoms with Crippen LogP contribution in [0.4, 0.5) is 4.79 Å². The number of ether oxygens (including phenoxy) is 4. The monoisotopic (exact) mass is 439 g/mol. The minimum atomic E-state index is -0.754. The Hall–Kier alpha value is -2.90. The number of nitrogens with zero attached hydrogens (tertiary/aromatic N) is 1. The Balaban J connectivity index is 1.38. The van der Waals surface area contributed by atoms with Crippen molar-refractivity contribution in [2.45, 2.75) is 57.3 Å².